The minimum atomic E-state index is -0.737. The van der Waals surface area contributed by atoms with Gasteiger partial charge < -0.3 is 10.2 Å². The number of hydrogen-bond acceptors (Lipinski definition) is 3. The maximum atomic E-state index is 11.7. The van der Waals surface area contributed by atoms with E-state index in [0.29, 0.717) is 24.2 Å². The Kier molecular flexibility index (Phi) is 4.70. The summed E-state index contributed by atoms with van der Waals surface area (Å²) in [6.45, 7) is 4.77. The number of hydrogen-bond donors (Lipinski definition) is 2. The van der Waals surface area contributed by atoms with Crippen molar-refractivity contribution < 1.29 is 15.0 Å². The normalized spacial score (nSPS) is 42.4. The molecular weight excluding hydrogens is 374 g/mol. The summed E-state index contributed by atoms with van der Waals surface area (Å²) < 4.78 is 0. The van der Waals surface area contributed by atoms with Crippen LogP contribution in [0.2, 0.25) is 0 Å². The number of carbonyl (C=O) groups is 1. The highest BCUT2D eigenvalue weighted by Gasteiger charge is 2.59. The molecule has 160 valence electrons. The lowest BCUT2D eigenvalue weighted by Gasteiger charge is -2.60. The van der Waals surface area contributed by atoms with E-state index in [-0.39, 0.29) is 23.2 Å². The molecule has 2 saturated carbocycles. The minimum Gasteiger partial charge on any atom is -0.481 e. The third kappa shape index (κ3) is 2.83. The molecule has 0 radical (unpaired) electrons. The predicted octanol–water partition coefficient (Wildman–Crippen LogP) is 5.10. The zero-order valence-corrected chi connectivity index (χ0v) is 18.1. The van der Waals surface area contributed by atoms with E-state index in [1.54, 1.807) is 0 Å². The number of nitrogens with zero attached hydrogens (tertiary/aromatic N) is 1. The van der Waals surface area contributed by atoms with Crippen LogP contribution in [0.15, 0.2) is 42.3 Å². The van der Waals surface area contributed by atoms with Crippen molar-refractivity contribution in [1.82, 2.24) is 4.98 Å². The second kappa shape index (κ2) is 7.05. The SMILES string of the molecule is C[C@]12CC[C@H]3[C@@H](CC=C4C[C@@H](O)CC(CC(=O)O)[C@@]43C)[C@@H]1CC=C2c1cccnc1. The summed E-state index contributed by atoms with van der Waals surface area (Å²) in [4.78, 5) is 16.0. The van der Waals surface area contributed by atoms with E-state index in [1.807, 2.05) is 18.5 Å². The minimum absolute atomic E-state index is 0.0225. The summed E-state index contributed by atoms with van der Waals surface area (Å²) in [5, 5.41) is 20.0. The van der Waals surface area contributed by atoms with E-state index in [1.165, 1.54) is 16.7 Å². The first-order chi connectivity index (χ1) is 14.3. The summed E-state index contributed by atoms with van der Waals surface area (Å²) in [5.74, 6) is 0.968. The van der Waals surface area contributed by atoms with Gasteiger partial charge in [-0.1, -0.05) is 37.6 Å². The number of aliphatic carboxylic acids is 1. The molecule has 1 aromatic heterocycles. The zero-order chi connectivity index (χ0) is 21.1. The fraction of sp³-hybridized carbons (Fsp3) is 0.615. The molecule has 1 heterocycles. The third-order valence-electron chi connectivity index (χ3n) is 9.37. The van der Waals surface area contributed by atoms with Gasteiger partial charge in [0.25, 0.3) is 0 Å². The average Bonchev–Trinajstić information content (AvgIpc) is 3.06. The highest BCUT2D eigenvalue weighted by Crippen LogP contribution is 2.67. The van der Waals surface area contributed by atoms with E-state index in [2.05, 4.69) is 37.0 Å². The van der Waals surface area contributed by atoms with Crippen LogP contribution < -0.4 is 0 Å². The number of aliphatic hydroxyl groups is 1. The van der Waals surface area contributed by atoms with Gasteiger partial charge in [-0.25, -0.2) is 0 Å². The van der Waals surface area contributed by atoms with Gasteiger partial charge in [-0.3, -0.25) is 9.78 Å². The van der Waals surface area contributed by atoms with Gasteiger partial charge in [0.1, 0.15) is 0 Å². The lowest BCUT2D eigenvalue weighted by molar-refractivity contribution is -0.141. The van der Waals surface area contributed by atoms with Gasteiger partial charge in [0.15, 0.2) is 0 Å². The van der Waals surface area contributed by atoms with Gasteiger partial charge in [-0.2, -0.15) is 0 Å². The molecule has 2 N–H and O–H groups in total. The van der Waals surface area contributed by atoms with Crippen LogP contribution in [0.25, 0.3) is 5.57 Å². The molecule has 0 amide bonds. The fourth-order valence-electron chi connectivity index (χ4n) is 7.92. The van der Waals surface area contributed by atoms with Crippen LogP contribution in [0.1, 0.15) is 64.4 Å². The molecule has 0 bridgehead atoms. The fourth-order valence-corrected chi connectivity index (χ4v) is 7.92. The molecule has 7 atom stereocenters. The first-order valence-electron chi connectivity index (χ1n) is 11.5. The number of carboxylic acid groups (broad SMARTS) is 1. The molecule has 2 fully saturated rings. The molecule has 1 unspecified atom stereocenters. The molecule has 4 nitrogen and oxygen atoms in total. The van der Waals surface area contributed by atoms with Crippen LogP contribution in [-0.4, -0.2) is 27.3 Å². The monoisotopic (exact) mass is 407 g/mol. The largest absolute Gasteiger partial charge is 0.481 e. The second-order valence-electron chi connectivity index (χ2n) is 10.6. The Morgan fingerprint density at radius 3 is 2.80 bits per heavy atom. The Bertz CT molecular complexity index is 906. The maximum Gasteiger partial charge on any atom is 0.303 e. The van der Waals surface area contributed by atoms with Crippen LogP contribution in [0, 0.1) is 34.5 Å². The van der Waals surface area contributed by atoms with Gasteiger partial charge in [-0.05, 0) is 90.2 Å². The van der Waals surface area contributed by atoms with Crippen molar-refractivity contribution in [1.29, 1.82) is 0 Å². The Labute approximate surface area is 179 Å². The topological polar surface area (TPSA) is 70.4 Å². The highest BCUT2D eigenvalue weighted by atomic mass is 16.4. The van der Waals surface area contributed by atoms with Gasteiger partial charge >= 0.3 is 5.97 Å². The lowest BCUT2D eigenvalue weighted by Crippen LogP contribution is -2.53. The zero-order valence-electron chi connectivity index (χ0n) is 18.1. The van der Waals surface area contributed by atoms with Crippen molar-refractivity contribution in [2.24, 2.45) is 34.5 Å². The summed E-state index contributed by atoms with van der Waals surface area (Å²) in [6, 6.07) is 4.21. The molecule has 0 saturated heterocycles. The maximum absolute atomic E-state index is 11.7. The second-order valence-corrected chi connectivity index (χ2v) is 10.6. The molecule has 0 spiro atoms. The molecule has 4 aliphatic carbocycles. The quantitative estimate of drug-likeness (QED) is 0.684. The first-order valence-corrected chi connectivity index (χ1v) is 11.5. The smallest absolute Gasteiger partial charge is 0.303 e. The Hall–Kier alpha value is -1.94. The number of pyridine rings is 1. The summed E-state index contributed by atoms with van der Waals surface area (Å²) in [5.41, 5.74) is 4.11. The van der Waals surface area contributed by atoms with E-state index >= 15 is 0 Å². The van der Waals surface area contributed by atoms with E-state index in [9.17, 15) is 15.0 Å². The van der Waals surface area contributed by atoms with Crippen LogP contribution in [-0.2, 0) is 4.79 Å². The van der Waals surface area contributed by atoms with Crippen molar-refractivity contribution in [2.45, 2.75) is 64.9 Å². The van der Waals surface area contributed by atoms with E-state index in [4.69, 9.17) is 0 Å². The highest BCUT2D eigenvalue weighted by molar-refractivity contribution is 5.72. The third-order valence-corrected chi connectivity index (χ3v) is 9.37. The Morgan fingerprint density at radius 1 is 1.23 bits per heavy atom. The number of rotatable bonds is 3. The van der Waals surface area contributed by atoms with Crippen molar-refractivity contribution in [2.75, 3.05) is 0 Å². The van der Waals surface area contributed by atoms with Crippen LogP contribution in [0.3, 0.4) is 0 Å². The number of allylic oxidation sites excluding steroid dienone is 3. The molecule has 0 aliphatic heterocycles. The number of aromatic nitrogens is 1. The van der Waals surface area contributed by atoms with Crippen LogP contribution in [0.5, 0.6) is 0 Å². The molecule has 0 aromatic carbocycles. The van der Waals surface area contributed by atoms with Crippen LogP contribution >= 0.6 is 0 Å². The predicted molar refractivity (Wildman–Crippen MR) is 116 cm³/mol. The Balaban J connectivity index is 1.49. The molecule has 4 aliphatic rings. The Morgan fingerprint density at radius 2 is 2.07 bits per heavy atom. The number of fused-ring (bicyclic) bond motifs is 5. The molecule has 4 heteroatoms. The average molecular weight is 408 g/mol. The molecule has 1 aromatic rings. The van der Waals surface area contributed by atoms with Crippen molar-refractivity contribution >= 4 is 11.5 Å². The van der Waals surface area contributed by atoms with Crippen molar-refractivity contribution in [3.63, 3.8) is 0 Å². The lowest BCUT2D eigenvalue weighted by atomic mass is 9.44. The molecule has 5 rings (SSSR count). The van der Waals surface area contributed by atoms with Gasteiger partial charge in [0.2, 0.25) is 0 Å². The summed E-state index contributed by atoms with van der Waals surface area (Å²) in [7, 11) is 0. The molecular formula is C26H33NO3. The number of aliphatic hydroxyl groups excluding tert-OH is 1. The van der Waals surface area contributed by atoms with Crippen molar-refractivity contribution in [3.8, 4) is 0 Å². The van der Waals surface area contributed by atoms with Gasteiger partial charge in [0, 0.05) is 18.8 Å². The number of carboxylic acids is 1. The van der Waals surface area contributed by atoms with Gasteiger partial charge in [-0.15, -0.1) is 0 Å². The van der Waals surface area contributed by atoms with E-state index < -0.39 is 12.1 Å². The molecule has 30 heavy (non-hydrogen) atoms. The summed E-state index contributed by atoms with van der Waals surface area (Å²) in [6.07, 6.45) is 14.2. The van der Waals surface area contributed by atoms with Crippen LogP contribution in [0.4, 0.5) is 0 Å². The van der Waals surface area contributed by atoms with Crippen molar-refractivity contribution in [3.05, 3.63) is 47.8 Å². The standard InChI is InChI=1S/C26H33NO3/c1-25-10-9-23-20(22(25)8-7-21(25)16-4-3-11-27-15-16)6-5-17-12-19(28)13-18(14-24(29)30)26(17,23)2/h3-5,7,11,15,18-20,22-23,28H,6,8-10,12-14H2,1-2H3,(H,29,30)/t18?,19-,20+,22+,23+,25-,26-/m1/s1. The summed E-state index contributed by atoms with van der Waals surface area (Å²) >= 11 is 0. The first kappa shape index (κ1) is 20.0. The van der Waals surface area contributed by atoms with E-state index in [0.717, 1.165) is 32.1 Å². The van der Waals surface area contributed by atoms with Gasteiger partial charge in [0.05, 0.1) is 6.10 Å².